The molecule has 1 aromatic rings. The Kier molecular flexibility index (Phi) is 3.59. The molecule has 0 saturated carbocycles. The number of nitrogens with one attached hydrogen (secondary N) is 1. The summed E-state index contributed by atoms with van der Waals surface area (Å²) >= 11 is 0. The van der Waals surface area contributed by atoms with E-state index in [9.17, 15) is 0 Å². The fraction of sp³-hybridized carbons (Fsp3) is 0.692. The van der Waals surface area contributed by atoms with Crippen LogP contribution in [0.15, 0.2) is 12.4 Å². The van der Waals surface area contributed by atoms with Crippen LogP contribution in [0.25, 0.3) is 0 Å². The van der Waals surface area contributed by atoms with Gasteiger partial charge in [0.05, 0.1) is 0 Å². The Labute approximate surface area is 108 Å². The van der Waals surface area contributed by atoms with Gasteiger partial charge in [-0.15, -0.1) is 0 Å². The number of piperidine rings is 1. The molecule has 0 unspecified atom stereocenters. The van der Waals surface area contributed by atoms with Crippen LogP contribution in [0, 0.1) is 0 Å². The summed E-state index contributed by atoms with van der Waals surface area (Å²) in [5.41, 5.74) is 0. The van der Waals surface area contributed by atoms with E-state index in [2.05, 4.69) is 20.2 Å². The molecule has 0 spiro atoms. The Bertz CT molecular complexity index is 386. The summed E-state index contributed by atoms with van der Waals surface area (Å²) < 4.78 is 5.94. The largest absolute Gasteiger partial charge is 0.474 e. The maximum Gasteiger partial charge on any atom is 0.218 e. The van der Waals surface area contributed by atoms with Gasteiger partial charge in [0.25, 0.3) is 0 Å². The van der Waals surface area contributed by atoms with Crippen molar-refractivity contribution in [3.8, 4) is 5.88 Å². The highest BCUT2D eigenvalue weighted by Crippen LogP contribution is 2.21. The summed E-state index contributed by atoms with van der Waals surface area (Å²) in [6.07, 6.45) is 6.55. The fourth-order valence-corrected chi connectivity index (χ4v) is 2.60. The summed E-state index contributed by atoms with van der Waals surface area (Å²) in [4.78, 5) is 10.9. The van der Waals surface area contributed by atoms with Crippen LogP contribution in [0.5, 0.6) is 5.88 Å². The van der Waals surface area contributed by atoms with Crippen LogP contribution in [0.2, 0.25) is 0 Å². The first-order chi connectivity index (χ1) is 8.92. The lowest BCUT2D eigenvalue weighted by molar-refractivity contribution is 0.156. The van der Waals surface area contributed by atoms with Crippen molar-refractivity contribution in [2.45, 2.75) is 31.8 Å². The van der Waals surface area contributed by atoms with Gasteiger partial charge in [0, 0.05) is 19.2 Å². The molecule has 0 atom stereocenters. The zero-order valence-electron chi connectivity index (χ0n) is 10.6. The van der Waals surface area contributed by atoms with E-state index >= 15 is 0 Å². The second kappa shape index (κ2) is 5.52. The third-order valence-electron chi connectivity index (χ3n) is 3.63. The van der Waals surface area contributed by atoms with Gasteiger partial charge in [0.1, 0.15) is 18.2 Å². The molecule has 0 radical (unpaired) electrons. The van der Waals surface area contributed by atoms with Gasteiger partial charge >= 0.3 is 0 Å². The Hall–Kier alpha value is -1.36. The van der Waals surface area contributed by atoms with Crippen molar-refractivity contribution in [2.24, 2.45) is 0 Å². The Morgan fingerprint density at radius 1 is 1.17 bits per heavy atom. The average Bonchev–Trinajstić information content (AvgIpc) is 2.94. The monoisotopic (exact) mass is 248 g/mol. The fourth-order valence-electron chi connectivity index (χ4n) is 2.60. The number of anilines is 1. The molecule has 5 nitrogen and oxygen atoms in total. The molecule has 18 heavy (non-hydrogen) atoms. The van der Waals surface area contributed by atoms with E-state index in [1.165, 1.54) is 12.8 Å². The molecule has 0 amide bonds. The standard InChI is InChI=1S/C13H20N4O/c1-2-8-17(7-1)12-9-13(16-10-15-12)18-11-3-5-14-6-4-11/h9-11,14H,1-8H2. The smallest absolute Gasteiger partial charge is 0.218 e. The second-order valence-electron chi connectivity index (χ2n) is 4.98. The number of hydrogen-bond donors (Lipinski definition) is 1. The molecular weight excluding hydrogens is 228 g/mol. The molecular formula is C13H20N4O. The van der Waals surface area contributed by atoms with Gasteiger partial charge in [-0.3, -0.25) is 0 Å². The van der Waals surface area contributed by atoms with Crippen LogP contribution in [0.1, 0.15) is 25.7 Å². The van der Waals surface area contributed by atoms with Crippen molar-refractivity contribution in [1.82, 2.24) is 15.3 Å². The van der Waals surface area contributed by atoms with Crippen LogP contribution >= 0.6 is 0 Å². The highest BCUT2D eigenvalue weighted by molar-refractivity contribution is 5.41. The molecule has 5 heteroatoms. The first-order valence-electron chi connectivity index (χ1n) is 6.86. The van der Waals surface area contributed by atoms with Crippen molar-refractivity contribution in [3.63, 3.8) is 0 Å². The second-order valence-corrected chi connectivity index (χ2v) is 4.98. The first-order valence-corrected chi connectivity index (χ1v) is 6.86. The van der Waals surface area contributed by atoms with Crippen molar-refractivity contribution >= 4 is 5.82 Å². The van der Waals surface area contributed by atoms with Gasteiger partial charge in [-0.1, -0.05) is 0 Å². The number of aromatic nitrogens is 2. The molecule has 2 aliphatic rings. The summed E-state index contributed by atoms with van der Waals surface area (Å²) in [5, 5.41) is 3.34. The lowest BCUT2D eigenvalue weighted by Crippen LogP contribution is -2.34. The molecule has 2 saturated heterocycles. The number of rotatable bonds is 3. The highest BCUT2D eigenvalue weighted by atomic mass is 16.5. The average molecular weight is 248 g/mol. The topological polar surface area (TPSA) is 50.3 Å². The van der Waals surface area contributed by atoms with E-state index in [4.69, 9.17) is 4.74 Å². The number of hydrogen-bond acceptors (Lipinski definition) is 5. The van der Waals surface area contributed by atoms with E-state index in [1.807, 2.05) is 6.07 Å². The van der Waals surface area contributed by atoms with Crippen molar-refractivity contribution in [2.75, 3.05) is 31.1 Å². The third-order valence-corrected chi connectivity index (χ3v) is 3.63. The predicted molar refractivity (Wildman–Crippen MR) is 70.0 cm³/mol. The Balaban J connectivity index is 1.66. The van der Waals surface area contributed by atoms with Gasteiger partial charge in [0.15, 0.2) is 0 Å². The SMILES string of the molecule is c1nc(OC2CCNCC2)cc(N2CCCC2)n1. The van der Waals surface area contributed by atoms with E-state index in [0.29, 0.717) is 6.10 Å². The summed E-state index contributed by atoms with van der Waals surface area (Å²) in [6.45, 7) is 4.27. The predicted octanol–water partition coefficient (Wildman–Crippen LogP) is 1.21. The lowest BCUT2D eigenvalue weighted by Gasteiger charge is -2.23. The zero-order valence-corrected chi connectivity index (χ0v) is 10.6. The molecule has 1 N–H and O–H groups in total. The first kappa shape index (κ1) is 11.7. The third kappa shape index (κ3) is 2.72. The van der Waals surface area contributed by atoms with Crippen LogP contribution in [0.3, 0.4) is 0 Å². The maximum atomic E-state index is 5.94. The molecule has 0 aromatic carbocycles. The van der Waals surface area contributed by atoms with Crippen LogP contribution in [-0.4, -0.2) is 42.3 Å². The van der Waals surface area contributed by atoms with E-state index in [-0.39, 0.29) is 0 Å². The van der Waals surface area contributed by atoms with Crippen molar-refractivity contribution in [3.05, 3.63) is 12.4 Å². The lowest BCUT2D eigenvalue weighted by atomic mass is 10.1. The summed E-state index contributed by atoms with van der Waals surface area (Å²) in [6, 6.07) is 1.98. The van der Waals surface area contributed by atoms with Crippen molar-refractivity contribution < 1.29 is 4.74 Å². The van der Waals surface area contributed by atoms with Crippen molar-refractivity contribution in [1.29, 1.82) is 0 Å². The van der Waals surface area contributed by atoms with Gasteiger partial charge in [-0.25, -0.2) is 9.97 Å². The van der Waals surface area contributed by atoms with Gasteiger partial charge < -0.3 is 15.0 Å². The molecule has 98 valence electrons. The molecule has 3 heterocycles. The number of nitrogens with zero attached hydrogens (tertiary/aromatic N) is 3. The molecule has 0 aliphatic carbocycles. The van der Waals surface area contributed by atoms with Gasteiger partial charge in [-0.2, -0.15) is 0 Å². The molecule has 2 aliphatic heterocycles. The van der Waals surface area contributed by atoms with Crippen LogP contribution in [0.4, 0.5) is 5.82 Å². The zero-order chi connectivity index (χ0) is 12.2. The maximum absolute atomic E-state index is 5.94. The normalized spacial score (nSPS) is 21.2. The molecule has 0 bridgehead atoms. The van der Waals surface area contributed by atoms with E-state index < -0.39 is 0 Å². The Morgan fingerprint density at radius 3 is 2.72 bits per heavy atom. The highest BCUT2D eigenvalue weighted by Gasteiger charge is 2.17. The minimum absolute atomic E-state index is 0.299. The minimum Gasteiger partial charge on any atom is -0.474 e. The quantitative estimate of drug-likeness (QED) is 0.871. The van der Waals surface area contributed by atoms with Gasteiger partial charge in [0.2, 0.25) is 5.88 Å². The number of ether oxygens (including phenoxy) is 1. The van der Waals surface area contributed by atoms with E-state index in [0.717, 1.165) is 50.7 Å². The Morgan fingerprint density at radius 2 is 1.94 bits per heavy atom. The minimum atomic E-state index is 0.299. The summed E-state index contributed by atoms with van der Waals surface area (Å²) in [5.74, 6) is 1.73. The molecule has 1 aromatic heterocycles. The summed E-state index contributed by atoms with van der Waals surface area (Å²) in [7, 11) is 0. The van der Waals surface area contributed by atoms with Gasteiger partial charge in [-0.05, 0) is 38.8 Å². The molecule has 3 rings (SSSR count). The molecule has 2 fully saturated rings. The van der Waals surface area contributed by atoms with Crippen LogP contribution in [-0.2, 0) is 0 Å². The van der Waals surface area contributed by atoms with Crippen LogP contribution < -0.4 is 15.0 Å². The van der Waals surface area contributed by atoms with E-state index in [1.54, 1.807) is 6.33 Å².